The van der Waals surface area contributed by atoms with Crippen molar-refractivity contribution in [1.82, 2.24) is 19.4 Å². The number of likely N-dealkylation sites (N-methyl/N-ethyl adjacent to an activating group) is 1. The molecule has 2 aliphatic rings. The fourth-order valence-electron chi connectivity index (χ4n) is 4.08. The van der Waals surface area contributed by atoms with Gasteiger partial charge in [-0.1, -0.05) is 0 Å². The van der Waals surface area contributed by atoms with Crippen LogP contribution in [0.5, 0.6) is 0 Å². The quantitative estimate of drug-likeness (QED) is 0.396. The van der Waals surface area contributed by atoms with Crippen molar-refractivity contribution >= 4 is 29.2 Å². The van der Waals surface area contributed by atoms with E-state index in [2.05, 4.69) is 45.2 Å². The molecule has 4 heterocycles. The topological polar surface area (TPSA) is 136 Å². The number of halogens is 9. The van der Waals surface area contributed by atoms with Gasteiger partial charge in [-0.05, 0) is 49.2 Å². The molecule has 0 bridgehead atoms. The number of aliphatic carboxylic acids is 3. The predicted molar refractivity (Wildman–Crippen MR) is 131 cm³/mol. The molecule has 2 aromatic heterocycles. The molecular weight excluding hydrogens is 631 g/mol. The average molecular weight is 659 g/mol. The summed E-state index contributed by atoms with van der Waals surface area (Å²) in [6.07, 6.45) is -10.8. The third kappa shape index (κ3) is 11.3. The number of rotatable bonds is 2. The summed E-state index contributed by atoms with van der Waals surface area (Å²) in [4.78, 5) is 36.6. The van der Waals surface area contributed by atoms with Gasteiger partial charge in [0.25, 0.3) is 0 Å². The Hall–Kier alpha value is -3.39. The highest BCUT2D eigenvalue weighted by Gasteiger charge is 2.45. The summed E-state index contributed by atoms with van der Waals surface area (Å²) in [5.41, 5.74) is 2.91. The van der Waals surface area contributed by atoms with Crippen LogP contribution in [0, 0.1) is 6.92 Å². The van der Waals surface area contributed by atoms with Gasteiger partial charge in [-0.2, -0.15) is 50.9 Å². The van der Waals surface area contributed by atoms with Crippen LogP contribution in [0.2, 0.25) is 0 Å². The van der Waals surface area contributed by atoms with Crippen LogP contribution in [-0.2, 0) is 33.0 Å². The highest BCUT2D eigenvalue weighted by Crippen LogP contribution is 2.40. The Bertz CT molecular complexity index is 1150. The molecule has 20 heteroatoms. The monoisotopic (exact) mass is 658 g/mol. The number of hydrogen-bond acceptors (Lipinski definition) is 7. The fraction of sp³-hybridized carbons (Fsp3) is 0.565. The summed E-state index contributed by atoms with van der Waals surface area (Å²) in [7, 11) is 2.28. The van der Waals surface area contributed by atoms with E-state index in [1.165, 1.54) is 29.9 Å². The molecule has 2 aliphatic heterocycles. The number of carboxylic acids is 3. The number of thiophene rings is 1. The Balaban J connectivity index is 0.000000363. The first-order chi connectivity index (χ1) is 19.5. The van der Waals surface area contributed by atoms with E-state index >= 15 is 0 Å². The van der Waals surface area contributed by atoms with E-state index < -0.39 is 36.4 Å². The largest absolute Gasteiger partial charge is 0.490 e. The van der Waals surface area contributed by atoms with Crippen molar-refractivity contribution in [1.29, 1.82) is 0 Å². The Morgan fingerprint density at radius 1 is 0.860 bits per heavy atom. The van der Waals surface area contributed by atoms with E-state index in [1.54, 1.807) is 11.3 Å². The van der Waals surface area contributed by atoms with Crippen LogP contribution in [-0.4, -0.2) is 97.8 Å². The molecule has 0 saturated carbocycles. The van der Waals surface area contributed by atoms with Gasteiger partial charge in [-0.3, -0.25) is 9.80 Å². The van der Waals surface area contributed by atoms with Gasteiger partial charge in [0.15, 0.2) is 0 Å². The van der Waals surface area contributed by atoms with Crippen molar-refractivity contribution in [3.05, 3.63) is 40.1 Å². The summed E-state index contributed by atoms with van der Waals surface area (Å²) in [5, 5.41) is 25.8. The Labute approximate surface area is 241 Å². The van der Waals surface area contributed by atoms with Crippen LogP contribution in [0.4, 0.5) is 39.5 Å². The summed E-state index contributed by atoms with van der Waals surface area (Å²) >= 11 is 1.80. The Kier molecular flexibility index (Phi) is 13.0. The Morgan fingerprint density at radius 3 is 1.67 bits per heavy atom. The number of carbonyl (C=O) groups is 3. The highest BCUT2D eigenvalue weighted by atomic mass is 32.1. The molecule has 0 atom stereocenters. The van der Waals surface area contributed by atoms with Gasteiger partial charge < -0.3 is 19.9 Å². The first-order valence-corrected chi connectivity index (χ1v) is 12.8. The van der Waals surface area contributed by atoms with Gasteiger partial charge in [-0.15, -0.1) is 0 Å². The second-order valence-electron chi connectivity index (χ2n) is 9.14. The van der Waals surface area contributed by atoms with E-state index in [-0.39, 0.29) is 5.54 Å². The lowest BCUT2D eigenvalue weighted by atomic mass is 9.83. The van der Waals surface area contributed by atoms with E-state index in [4.69, 9.17) is 34.7 Å². The molecule has 2 aromatic rings. The van der Waals surface area contributed by atoms with E-state index in [0.717, 1.165) is 32.7 Å². The van der Waals surface area contributed by atoms with Gasteiger partial charge in [-0.25, -0.2) is 19.4 Å². The molecule has 244 valence electrons. The first kappa shape index (κ1) is 37.6. The van der Waals surface area contributed by atoms with E-state index in [0.29, 0.717) is 0 Å². The molecule has 1 spiro atoms. The molecule has 0 radical (unpaired) electrons. The summed E-state index contributed by atoms with van der Waals surface area (Å²) in [6, 6.07) is 2.25. The maximum absolute atomic E-state index is 10.6. The van der Waals surface area contributed by atoms with Crippen LogP contribution >= 0.6 is 11.3 Å². The van der Waals surface area contributed by atoms with Gasteiger partial charge in [0.2, 0.25) is 0 Å². The third-order valence-corrected chi connectivity index (χ3v) is 6.99. The van der Waals surface area contributed by atoms with Crippen LogP contribution in [0.1, 0.15) is 29.9 Å². The number of nitrogens with zero attached hydrogens (tertiary/aromatic N) is 4. The minimum Gasteiger partial charge on any atom is -0.475 e. The second-order valence-corrected chi connectivity index (χ2v) is 9.92. The average Bonchev–Trinajstić information content (AvgIpc) is 3.52. The van der Waals surface area contributed by atoms with Crippen LogP contribution in [0.3, 0.4) is 0 Å². The zero-order valence-electron chi connectivity index (χ0n) is 22.4. The molecular formula is C23H27F9N4O6S. The lowest BCUT2D eigenvalue weighted by molar-refractivity contribution is -0.193. The van der Waals surface area contributed by atoms with E-state index in [9.17, 15) is 39.5 Å². The van der Waals surface area contributed by atoms with Crippen LogP contribution in [0.25, 0.3) is 0 Å². The standard InChI is InChI=1S/C17H24N4S.3C2HF3O2/c1-14-11-18-16-17(19(2)8-9-21(14)16)4-6-20(7-5-17)12-15-3-10-22-13-15;3*3-2(4,5)1(6)7/h3,10-11,13H,4-9,12H2,1-2H3;3*(H,6,7). The summed E-state index contributed by atoms with van der Waals surface area (Å²) in [6.45, 7) is 7.81. The van der Waals surface area contributed by atoms with Gasteiger partial charge >= 0.3 is 36.4 Å². The van der Waals surface area contributed by atoms with Crippen molar-refractivity contribution in [2.24, 2.45) is 0 Å². The molecule has 1 saturated heterocycles. The van der Waals surface area contributed by atoms with E-state index in [1.807, 2.05) is 6.20 Å². The molecule has 0 aromatic carbocycles. The van der Waals surface area contributed by atoms with Crippen LogP contribution < -0.4 is 0 Å². The number of imidazole rings is 1. The number of aryl methyl sites for hydroxylation is 1. The number of fused-ring (bicyclic) bond motifs is 2. The van der Waals surface area contributed by atoms with Crippen molar-refractivity contribution in [3.8, 4) is 0 Å². The minimum atomic E-state index is -5.08. The molecule has 0 unspecified atom stereocenters. The summed E-state index contributed by atoms with van der Waals surface area (Å²) in [5.74, 6) is -6.97. The molecule has 10 nitrogen and oxygen atoms in total. The fourth-order valence-corrected chi connectivity index (χ4v) is 4.74. The first-order valence-electron chi connectivity index (χ1n) is 11.9. The van der Waals surface area contributed by atoms with Crippen molar-refractivity contribution in [2.75, 3.05) is 26.7 Å². The summed E-state index contributed by atoms with van der Waals surface area (Å²) < 4.78 is 97.6. The molecule has 3 N–H and O–H groups in total. The number of alkyl halides is 9. The smallest absolute Gasteiger partial charge is 0.475 e. The van der Waals surface area contributed by atoms with Crippen molar-refractivity contribution in [2.45, 2.75) is 56.9 Å². The number of carboxylic acid groups (broad SMARTS) is 3. The maximum Gasteiger partial charge on any atom is 0.490 e. The molecule has 4 rings (SSSR count). The van der Waals surface area contributed by atoms with Crippen molar-refractivity contribution in [3.63, 3.8) is 0 Å². The molecule has 0 amide bonds. The zero-order chi connectivity index (χ0) is 33.4. The van der Waals surface area contributed by atoms with Crippen LogP contribution in [0.15, 0.2) is 23.0 Å². The Morgan fingerprint density at radius 2 is 1.30 bits per heavy atom. The minimum absolute atomic E-state index is 0.150. The lowest BCUT2D eigenvalue weighted by Gasteiger charge is -2.49. The SMILES string of the molecule is Cc1cnc2n1CCN(C)C21CCN(Cc2ccsc2)CC1.O=C(O)C(F)(F)F.O=C(O)C(F)(F)F.O=C(O)C(F)(F)F. The molecule has 1 fully saturated rings. The second kappa shape index (κ2) is 14.9. The third-order valence-electron chi connectivity index (χ3n) is 6.26. The van der Waals surface area contributed by atoms with Gasteiger partial charge in [0.1, 0.15) is 5.82 Å². The number of likely N-dealkylation sites (tertiary alicyclic amines) is 1. The zero-order valence-corrected chi connectivity index (χ0v) is 23.2. The predicted octanol–water partition coefficient (Wildman–Crippen LogP) is 4.59. The number of hydrogen-bond donors (Lipinski definition) is 3. The lowest BCUT2D eigenvalue weighted by Crippen LogP contribution is -2.56. The highest BCUT2D eigenvalue weighted by molar-refractivity contribution is 7.07. The van der Waals surface area contributed by atoms with Gasteiger partial charge in [0, 0.05) is 44.6 Å². The molecule has 43 heavy (non-hydrogen) atoms. The molecule has 0 aliphatic carbocycles. The number of aromatic nitrogens is 2. The van der Waals surface area contributed by atoms with Gasteiger partial charge in [0.05, 0.1) is 5.54 Å². The maximum atomic E-state index is 10.6. The normalized spacial score (nSPS) is 16.8. The van der Waals surface area contributed by atoms with Crippen molar-refractivity contribution < 1.29 is 69.2 Å². The number of piperidine rings is 1.